The molecule has 0 aliphatic carbocycles. The van der Waals surface area contributed by atoms with Gasteiger partial charge in [-0.1, -0.05) is 29.3 Å². The maximum Gasteiger partial charge on any atom is 0.333 e. The molecule has 0 N–H and O–H groups in total. The zero-order valence-electron chi connectivity index (χ0n) is 17.9. The number of benzene rings is 2. The highest BCUT2D eigenvalue weighted by molar-refractivity contribution is 6.30. The molecular weight excluding hydrogens is 434 g/mol. The Morgan fingerprint density at radius 2 is 1.72 bits per heavy atom. The number of halogens is 1. The molecule has 1 unspecified atom stereocenters. The topological polar surface area (TPSA) is 90.2 Å². The SMILES string of the molecule is Cc1ccc(N2C(=O)N(CN3CCN(c4ccc(Cl)cc4[N+](=O)[O-])CC3)C(=O)C2C)cc1. The first-order chi connectivity index (χ1) is 15.3. The molecule has 32 heavy (non-hydrogen) atoms. The number of piperazine rings is 1. The van der Waals surface area contributed by atoms with Crippen molar-refractivity contribution in [2.24, 2.45) is 0 Å². The molecule has 1 atom stereocenters. The molecule has 0 bridgehead atoms. The van der Waals surface area contributed by atoms with E-state index in [-0.39, 0.29) is 24.3 Å². The van der Waals surface area contributed by atoms with Crippen LogP contribution in [0.4, 0.5) is 21.9 Å². The van der Waals surface area contributed by atoms with Gasteiger partial charge in [-0.3, -0.25) is 24.7 Å². The highest BCUT2D eigenvalue weighted by Gasteiger charge is 2.44. The van der Waals surface area contributed by atoms with Gasteiger partial charge in [-0.2, -0.15) is 0 Å². The van der Waals surface area contributed by atoms with Gasteiger partial charge < -0.3 is 4.90 Å². The molecule has 4 rings (SSSR count). The molecule has 2 aliphatic heterocycles. The van der Waals surface area contributed by atoms with E-state index in [1.165, 1.54) is 15.9 Å². The van der Waals surface area contributed by atoms with Crippen molar-refractivity contribution in [1.82, 2.24) is 9.80 Å². The quantitative estimate of drug-likeness (QED) is 0.388. The number of nitrogens with zero attached hydrogens (tertiary/aromatic N) is 5. The first kappa shape index (κ1) is 22.0. The minimum atomic E-state index is -0.566. The first-order valence-electron chi connectivity index (χ1n) is 10.4. The molecule has 2 aromatic carbocycles. The predicted molar refractivity (Wildman–Crippen MR) is 122 cm³/mol. The minimum absolute atomic E-state index is 0.0292. The molecule has 10 heteroatoms. The lowest BCUT2D eigenvalue weighted by atomic mass is 10.2. The summed E-state index contributed by atoms with van der Waals surface area (Å²) in [7, 11) is 0. The Morgan fingerprint density at radius 1 is 1.06 bits per heavy atom. The summed E-state index contributed by atoms with van der Waals surface area (Å²) in [6.45, 7) is 6.10. The Kier molecular flexibility index (Phi) is 6.03. The van der Waals surface area contributed by atoms with Gasteiger partial charge >= 0.3 is 6.03 Å². The van der Waals surface area contributed by atoms with Crippen molar-refractivity contribution in [1.29, 1.82) is 0 Å². The van der Waals surface area contributed by atoms with E-state index in [0.29, 0.717) is 42.6 Å². The second kappa shape index (κ2) is 8.76. The van der Waals surface area contributed by atoms with Crippen molar-refractivity contribution in [3.8, 4) is 0 Å². The molecule has 2 saturated heterocycles. The van der Waals surface area contributed by atoms with Gasteiger partial charge in [0.1, 0.15) is 11.7 Å². The number of amides is 3. The van der Waals surface area contributed by atoms with Gasteiger partial charge in [0.25, 0.3) is 11.6 Å². The largest absolute Gasteiger partial charge is 0.363 e. The fraction of sp³-hybridized carbons (Fsp3) is 0.364. The number of carbonyl (C=O) groups excluding carboxylic acids is 2. The third-order valence-corrected chi connectivity index (χ3v) is 6.18. The van der Waals surface area contributed by atoms with Crippen molar-refractivity contribution in [3.63, 3.8) is 0 Å². The molecule has 2 aromatic rings. The van der Waals surface area contributed by atoms with Gasteiger partial charge in [-0.05, 0) is 38.1 Å². The van der Waals surface area contributed by atoms with E-state index in [9.17, 15) is 19.7 Å². The van der Waals surface area contributed by atoms with Crippen molar-refractivity contribution >= 4 is 40.6 Å². The molecule has 168 valence electrons. The molecule has 2 heterocycles. The van der Waals surface area contributed by atoms with Gasteiger partial charge in [0.2, 0.25) is 0 Å². The fourth-order valence-electron chi connectivity index (χ4n) is 4.14. The lowest BCUT2D eigenvalue weighted by Crippen LogP contribution is -2.51. The summed E-state index contributed by atoms with van der Waals surface area (Å²) < 4.78 is 0. The van der Waals surface area contributed by atoms with Crippen LogP contribution in [0.5, 0.6) is 0 Å². The zero-order valence-corrected chi connectivity index (χ0v) is 18.7. The number of hydrogen-bond donors (Lipinski definition) is 0. The normalized spacial score (nSPS) is 19.7. The van der Waals surface area contributed by atoms with E-state index in [1.807, 2.05) is 41.0 Å². The Bertz CT molecular complexity index is 1050. The van der Waals surface area contributed by atoms with Gasteiger partial charge in [0, 0.05) is 43.0 Å². The number of imide groups is 1. The molecule has 0 aromatic heterocycles. The summed E-state index contributed by atoms with van der Waals surface area (Å²) in [6, 6.07) is 11.3. The van der Waals surface area contributed by atoms with Crippen LogP contribution in [0.2, 0.25) is 5.02 Å². The summed E-state index contributed by atoms with van der Waals surface area (Å²) in [6.07, 6.45) is 0. The lowest BCUT2D eigenvalue weighted by molar-refractivity contribution is -0.384. The van der Waals surface area contributed by atoms with Crippen LogP contribution in [-0.2, 0) is 4.79 Å². The second-order valence-corrected chi connectivity index (χ2v) is 8.50. The van der Waals surface area contributed by atoms with Gasteiger partial charge in [-0.15, -0.1) is 0 Å². The Morgan fingerprint density at radius 3 is 2.34 bits per heavy atom. The van der Waals surface area contributed by atoms with Crippen molar-refractivity contribution in [3.05, 3.63) is 63.2 Å². The Balaban J connectivity index is 1.42. The van der Waals surface area contributed by atoms with E-state index in [0.717, 1.165) is 5.56 Å². The number of carbonyl (C=O) groups is 2. The number of rotatable bonds is 5. The predicted octanol–water partition coefficient (Wildman–Crippen LogP) is 3.49. The molecule has 0 radical (unpaired) electrons. The Labute approximate surface area is 190 Å². The van der Waals surface area contributed by atoms with Crippen LogP contribution in [0.3, 0.4) is 0 Å². The van der Waals surface area contributed by atoms with E-state index < -0.39 is 11.0 Å². The molecule has 9 nitrogen and oxygen atoms in total. The average molecular weight is 458 g/mol. The molecular formula is C22H24ClN5O4. The highest BCUT2D eigenvalue weighted by atomic mass is 35.5. The standard InChI is InChI=1S/C22H24ClN5O4/c1-15-3-6-18(7-4-15)27-16(2)21(29)26(22(27)30)14-24-9-11-25(12-10-24)19-8-5-17(23)13-20(19)28(31)32/h3-8,13,16H,9-12,14H2,1-2H3. The average Bonchev–Trinajstić information content (AvgIpc) is 2.98. The van der Waals surface area contributed by atoms with E-state index in [2.05, 4.69) is 0 Å². The molecule has 2 aliphatic rings. The Hall–Kier alpha value is -3.17. The third kappa shape index (κ3) is 4.13. The van der Waals surface area contributed by atoms with Gasteiger partial charge in [-0.25, -0.2) is 9.69 Å². The van der Waals surface area contributed by atoms with Crippen LogP contribution >= 0.6 is 11.6 Å². The van der Waals surface area contributed by atoms with Crippen molar-refractivity contribution < 1.29 is 14.5 Å². The summed E-state index contributed by atoms with van der Waals surface area (Å²) in [5.41, 5.74) is 2.27. The van der Waals surface area contributed by atoms with Crippen LogP contribution < -0.4 is 9.80 Å². The van der Waals surface area contributed by atoms with Crippen LogP contribution in [0.25, 0.3) is 0 Å². The van der Waals surface area contributed by atoms with Crippen LogP contribution in [0.1, 0.15) is 12.5 Å². The lowest BCUT2D eigenvalue weighted by Gasteiger charge is -2.36. The summed E-state index contributed by atoms with van der Waals surface area (Å²) >= 11 is 5.92. The van der Waals surface area contributed by atoms with Gasteiger partial charge in [0.15, 0.2) is 0 Å². The summed E-state index contributed by atoms with van der Waals surface area (Å²) in [4.78, 5) is 43.6. The number of urea groups is 1. The van der Waals surface area contributed by atoms with Crippen LogP contribution in [0.15, 0.2) is 42.5 Å². The highest BCUT2D eigenvalue weighted by Crippen LogP contribution is 2.32. The summed E-state index contributed by atoms with van der Waals surface area (Å²) in [5, 5.41) is 11.7. The monoisotopic (exact) mass is 457 g/mol. The molecule has 2 fully saturated rings. The molecule has 0 spiro atoms. The smallest absolute Gasteiger partial charge is 0.333 e. The van der Waals surface area contributed by atoms with E-state index >= 15 is 0 Å². The molecule has 0 saturated carbocycles. The van der Waals surface area contributed by atoms with Crippen LogP contribution in [-0.4, -0.2) is 65.6 Å². The number of anilines is 2. The number of nitro benzene ring substituents is 1. The zero-order chi connectivity index (χ0) is 23.0. The maximum atomic E-state index is 13.0. The third-order valence-electron chi connectivity index (χ3n) is 5.95. The number of nitro groups is 1. The fourth-order valence-corrected chi connectivity index (χ4v) is 4.30. The van der Waals surface area contributed by atoms with Crippen molar-refractivity contribution in [2.45, 2.75) is 19.9 Å². The maximum absolute atomic E-state index is 13.0. The second-order valence-electron chi connectivity index (χ2n) is 8.07. The first-order valence-corrected chi connectivity index (χ1v) is 10.8. The number of hydrogen-bond acceptors (Lipinski definition) is 6. The van der Waals surface area contributed by atoms with Crippen molar-refractivity contribution in [2.75, 3.05) is 42.6 Å². The minimum Gasteiger partial charge on any atom is -0.363 e. The van der Waals surface area contributed by atoms with E-state index in [4.69, 9.17) is 11.6 Å². The van der Waals surface area contributed by atoms with Gasteiger partial charge in [0.05, 0.1) is 11.6 Å². The summed E-state index contributed by atoms with van der Waals surface area (Å²) in [5.74, 6) is -0.230. The van der Waals surface area contributed by atoms with E-state index in [1.54, 1.807) is 19.1 Å². The van der Waals surface area contributed by atoms with Crippen LogP contribution in [0, 0.1) is 17.0 Å². The number of aryl methyl sites for hydroxylation is 1. The molecule has 3 amide bonds.